The molecule has 5 rings (SSSR count). The minimum atomic E-state index is -1.60. The molecule has 0 bridgehead atoms. The predicted octanol–water partition coefficient (Wildman–Crippen LogP) is 4.76. The number of rotatable bonds is 5. The van der Waals surface area contributed by atoms with Crippen molar-refractivity contribution in [2.24, 2.45) is 0 Å². The van der Waals surface area contributed by atoms with Crippen LogP contribution < -0.4 is 16.2 Å². The molecular weight excluding hydrogens is 431 g/mol. The molecule has 0 spiro atoms. The number of benzene rings is 1. The zero-order chi connectivity index (χ0) is 24.0. The van der Waals surface area contributed by atoms with Crippen LogP contribution in [-0.2, 0) is 18.6 Å². The Balaban J connectivity index is 1.63. The highest BCUT2D eigenvalue weighted by Gasteiger charge is 2.23. The predicted molar refractivity (Wildman–Crippen MR) is 133 cm³/mol. The van der Waals surface area contributed by atoms with Gasteiger partial charge in [-0.25, -0.2) is 23.7 Å². The Labute approximate surface area is 197 Å². The molecule has 0 amide bonds. The summed E-state index contributed by atoms with van der Waals surface area (Å²) in [4.78, 5) is 22.3. The Morgan fingerprint density at radius 2 is 1.97 bits per heavy atom. The van der Waals surface area contributed by atoms with E-state index in [0.29, 0.717) is 28.2 Å². The van der Waals surface area contributed by atoms with E-state index < -0.39 is 5.67 Å². The summed E-state index contributed by atoms with van der Waals surface area (Å²) in [7, 11) is 0. The van der Waals surface area contributed by atoms with Gasteiger partial charge in [-0.2, -0.15) is 0 Å². The van der Waals surface area contributed by atoms with Crippen LogP contribution in [-0.4, -0.2) is 25.9 Å². The van der Waals surface area contributed by atoms with Crippen molar-refractivity contribution in [2.45, 2.75) is 52.4 Å². The van der Waals surface area contributed by atoms with Gasteiger partial charge in [-0.15, -0.1) is 0 Å². The summed E-state index contributed by atoms with van der Waals surface area (Å²) in [6.07, 6.45) is 2.62. The number of alkyl halides is 1. The van der Waals surface area contributed by atoms with E-state index >= 15 is 0 Å². The molecule has 1 aliphatic rings. The number of hydrogen-bond donors (Lipinski definition) is 2. The normalized spacial score (nSPS) is 13.9. The van der Waals surface area contributed by atoms with Crippen molar-refractivity contribution < 1.29 is 4.39 Å². The van der Waals surface area contributed by atoms with E-state index in [0.717, 1.165) is 25.2 Å². The number of nitrogens with one attached hydrogen (secondary N) is 2. The first-order chi connectivity index (χ1) is 16.2. The largest absolute Gasteiger partial charge is 0.340 e. The number of halogens is 1. The number of nitrogens with zero attached hydrogens (tertiary/aromatic N) is 4. The maximum absolute atomic E-state index is 14.7. The van der Waals surface area contributed by atoms with E-state index in [-0.39, 0.29) is 11.6 Å². The molecule has 0 fully saturated rings. The van der Waals surface area contributed by atoms with Crippen LogP contribution >= 0.6 is 0 Å². The van der Waals surface area contributed by atoms with Crippen LogP contribution in [0, 0.1) is 0 Å². The van der Waals surface area contributed by atoms with Crippen molar-refractivity contribution in [1.82, 2.24) is 24.6 Å². The zero-order valence-corrected chi connectivity index (χ0v) is 19.9. The average Bonchev–Trinajstić information content (AvgIpc) is 3.10. The number of anilines is 2. The first-order valence-electron chi connectivity index (χ1n) is 11.6. The molecule has 0 unspecified atom stereocenters. The van der Waals surface area contributed by atoms with Crippen molar-refractivity contribution in [1.29, 1.82) is 0 Å². The monoisotopic (exact) mass is 460 g/mol. The fourth-order valence-corrected chi connectivity index (χ4v) is 4.46. The number of fused-ring (bicyclic) bond motifs is 2. The molecular formula is C26H29FN6O. The average molecular weight is 461 g/mol. The van der Waals surface area contributed by atoms with Gasteiger partial charge in [0.25, 0.3) is 5.56 Å². The van der Waals surface area contributed by atoms with Gasteiger partial charge in [-0.05, 0) is 76.1 Å². The second-order valence-electron chi connectivity index (χ2n) is 9.53. The fourth-order valence-electron chi connectivity index (χ4n) is 4.46. The lowest BCUT2D eigenvalue weighted by molar-refractivity contribution is 0.214. The molecule has 7 nitrogen and oxygen atoms in total. The molecule has 1 aromatic carbocycles. The molecule has 2 N–H and O–H groups in total. The summed E-state index contributed by atoms with van der Waals surface area (Å²) in [6.45, 7) is 8.67. The molecule has 0 saturated carbocycles. The maximum atomic E-state index is 14.7. The fraction of sp³-hybridized carbons (Fsp3) is 0.346. The molecule has 0 aliphatic carbocycles. The second kappa shape index (κ2) is 8.36. The van der Waals surface area contributed by atoms with E-state index in [1.807, 2.05) is 19.9 Å². The molecule has 3 aromatic heterocycles. The third-order valence-electron chi connectivity index (χ3n) is 6.18. The minimum absolute atomic E-state index is 0.131. The van der Waals surface area contributed by atoms with Crippen LogP contribution in [0.1, 0.15) is 50.6 Å². The molecule has 0 atom stereocenters. The van der Waals surface area contributed by atoms with Gasteiger partial charge in [0.05, 0.1) is 16.6 Å². The quantitative estimate of drug-likeness (QED) is 0.449. The van der Waals surface area contributed by atoms with Crippen LogP contribution in [0.25, 0.3) is 16.7 Å². The molecule has 4 aromatic rings. The number of aromatic nitrogens is 4. The summed E-state index contributed by atoms with van der Waals surface area (Å²) < 4.78 is 18.1. The summed E-state index contributed by atoms with van der Waals surface area (Å²) in [5.74, 6) is 1.11. The lowest BCUT2D eigenvalue weighted by Gasteiger charge is -2.19. The van der Waals surface area contributed by atoms with Gasteiger partial charge in [0.2, 0.25) is 0 Å². The third kappa shape index (κ3) is 3.98. The standard InChI is InChI=1S/C26H29FN6O/c1-16(2)32-25(34)20-15-29-23(30-19-9-8-17-10-11-28-14-18(17)12-19)13-21(20)33(32)24-7-5-6-22(31-24)26(3,4)27/h5-9,12-13,15-16,28H,10-11,14H2,1-4H3,(H,29,30). The van der Waals surface area contributed by atoms with Crippen LogP contribution in [0.5, 0.6) is 0 Å². The van der Waals surface area contributed by atoms with Gasteiger partial charge in [0, 0.05) is 30.5 Å². The lowest BCUT2D eigenvalue weighted by atomic mass is 10.0. The summed E-state index contributed by atoms with van der Waals surface area (Å²) in [5, 5.41) is 7.26. The Kier molecular flexibility index (Phi) is 5.48. The highest BCUT2D eigenvalue weighted by molar-refractivity contribution is 5.82. The van der Waals surface area contributed by atoms with Crippen molar-refractivity contribution in [3.05, 3.63) is 75.8 Å². The Hall–Kier alpha value is -3.52. The molecule has 0 saturated heterocycles. The molecule has 34 heavy (non-hydrogen) atoms. The van der Waals surface area contributed by atoms with Crippen molar-refractivity contribution in [3.63, 3.8) is 0 Å². The highest BCUT2D eigenvalue weighted by Crippen LogP contribution is 2.27. The number of hydrogen-bond acceptors (Lipinski definition) is 5. The van der Waals surface area contributed by atoms with Gasteiger partial charge >= 0.3 is 0 Å². The Bertz CT molecular complexity index is 1430. The molecule has 8 heteroatoms. The lowest BCUT2D eigenvalue weighted by Crippen LogP contribution is -2.25. The van der Waals surface area contributed by atoms with Gasteiger partial charge < -0.3 is 10.6 Å². The van der Waals surface area contributed by atoms with Gasteiger partial charge in [0.15, 0.2) is 5.82 Å². The smallest absolute Gasteiger partial charge is 0.276 e. The van der Waals surface area contributed by atoms with Crippen molar-refractivity contribution in [2.75, 3.05) is 11.9 Å². The van der Waals surface area contributed by atoms with E-state index in [4.69, 9.17) is 0 Å². The van der Waals surface area contributed by atoms with E-state index in [9.17, 15) is 9.18 Å². The van der Waals surface area contributed by atoms with E-state index in [2.05, 4.69) is 38.8 Å². The summed E-state index contributed by atoms with van der Waals surface area (Å²) in [5.41, 5.74) is 2.79. The van der Waals surface area contributed by atoms with E-state index in [1.54, 1.807) is 33.8 Å². The molecule has 4 heterocycles. The third-order valence-corrected chi connectivity index (χ3v) is 6.18. The topological polar surface area (TPSA) is 76.8 Å². The first-order valence-corrected chi connectivity index (χ1v) is 11.6. The Morgan fingerprint density at radius 3 is 2.74 bits per heavy atom. The van der Waals surface area contributed by atoms with Crippen molar-refractivity contribution in [3.8, 4) is 5.82 Å². The number of pyridine rings is 2. The van der Waals surface area contributed by atoms with Crippen LogP contribution in [0.2, 0.25) is 0 Å². The maximum Gasteiger partial charge on any atom is 0.276 e. The molecule has 0 radical (unpaired) electrons. The van der Waals surface area contributed by atoms with Crippen LogP contribution in [0.4, 0.5) is 15.9 Å². The minimum Gasteiger partial charge on any atom is -0.340 e. The highest BCUT2D eigenvalue weighted by atomic mass is 19.1. The first kappa shape index (κ1) is 22.3. The zero-order valence-electron chi connectivity index (χ0n) is 19.9. The van der Waals surface area contributed by atoms with Crippen LogP contribution in [0.3, 0.4) is 0 Å². The van der Waals surface area contributed by atoms with E-state index in [1.165, 1.54) is 25.0 Å². The van der Waals surface area contributed by atoms with Crippen molar-refractivity contribution >= 4 is 22.4 Å². The second-order valence-corrected chi connectivity index (χ2v) is 9.53. The Morgan fingerprint density at radius 1 is 1.15 bits per heavy atom. The summed E-state index contributed by atoms with van der Waals surface area (Å²) in [6, 6.07) is 13.3. The SMILES string of the molecule is CC(C)n1c(=O)c2cnc(Nc3ccc4c(c3)CNCC4)cc2n1-c1cccc(C(C)(C)F)n1. The van der Waals surface area contributed by atoms with Gasteiger partial charge in [0.1, 0.15) is 11.5 Å². The molecule has 176 valence electrons. The van der Waals surface area contributed by atoms with Gasteiger partial charge in [-0.1, -0.05) is 12.1 Å². The molecule has 1 aliphatic heterocycles. The van der Waals surface area contributed by atoms with Crippen LogP contribution in [0.15, 0.2) is 53.5 Å². The summed E-state index contributed by atoms with van der Waals surface area (Å²) >= 11 is 0. The van der Waals surface area contributed by atoms with Gasteiger partial charge in [-0.3, -0.25) is 4.79 Å².